The molecule has 3 nitrogen and oxygen atoms in total. The van der Waals surface area contributed by atoms with E-state index in [1.807, 2.05) is 30.3 Å². The molecule has 3 rings (SSSR count). The second-order valence-corrected chi connectivity index (χ2v) is 4.73. The number of fused-ring (bicyclic) bond motifs is 1. The zero-order valence-corrected chi connectivity index (χ0v) is 10.4. The van der Waals surface area contributed by atoms with Crippen molar-refractivity contribution >= 4 is 17.3 Å². The van der Waals surface area contributed by atoms with Crippen LogP contribution >= 0.6 is 0 Å². The van der Waals surface area contributed by atoms with E-state index < -0.39 is 11.4 Å². The number of carbonyl (C=O) groups is 1. The van der Waals surface area contributed by atoms with Gasteiger partial charge in [-0.2, -0.15) is 0 Å². The minimum absolute atomic E-state index is 0.209. The molecule has 2 N–H and O–H groups in total. The molecule has 1 aliphatic heterocycles. The predicted octanol–water partition coefficient (Wildman–Crippen LogP) is 3.11. The summed E-state index contributed by atoms with van der Waals surface area (Å²) in [6, 6.07) is 14.1. The number of hydrogen-bond acceptors (Lipinski definition) is 2. The van der Waals surface area contributed by atoms with Crippen molar-refractivity contribution in [1.29, 1.82) is 0 Å². The highest BCUT2D eigenvalue weighted by atomic mass is 19.1. The number of amides is 1. The lowest BCUT2D eigenvalue weighted by atomic mass is 9.88. The third-order valence-electron chi connectivity index (χ3n) is 3.44. The van der Waals surface area contributed by atoms with Crippen molar-refractivity contribution in [2.45, 2.75) is 12.5 Å². The molecule has 0 aliphatic carbocycles. The van der Waals surface area contributed by atoms with Crippen LogP contribution in [0.15, 0.2) is 48.5 Å². The molecule has 1 atom stereocenters. The molecule has 96 valence electrons. The number of halogens is 1. The van der Waals surface area contributed by atoms with Gasteiger partial charge in [0.2, 0.25) is 0 Å². The van der Waals surface area contributed by atoms with E-state index in [2.05, 4.69) is 10.6 Å². The van der Waals surface area contributed by atoms with Crippen molar-refractivity contribution < 1.29 is 9.18 Å². The number of nitrogens with one attached hydrogen (secondary N) is 2. The molecule has 0 saturated carbocycles. The van der Waals surface area contributed by atoms with Crippen LogP contribution in [0.4, 0.5) is 15.8 Å². The van der Waals surface area contributed by atoms with Crippen molar-refractivity contribution in [2.24, 2.45) is 0 Å². The molecule has 2 aromatic rings. The first-order chi connectivity index (χ1) is 9.11. The van der Waals surface area contributed by atoms with Gasteiger partial charge in [-0.1, -0.05) is 36.4 Å². The Labute approximate surface area is 110 Å². The molecular weight excluding hydrogens is 243 g/mol. The molecule has 1 amide bonds. The van der Waals surface area contributed by atoms with E-state index in [-0.39, 0.29) is 11.6 Å². The van der Waals surface area contributed by atoms with E-state index in [1.165, 1.54) is 6.07 Å². The molecule has 0 saturated heterocycles. The topological polar surface area (TPSA) is 41.1 Å². The molecule has 1 unspecified atom stereocenters. The first-order valence-corrected chi connectivity index (χ1v) is 6.05. The molecule has 2 aromatic carbocycles. The molecular formula is C15H13FN2O. The first-order valence-electron chi connectivity index (χ1n) is 6.05. The Morgan fingerprint density at radius 2 is 1.79 bits per heavy atom. The normalized spacial score (nSPS) is 21.3. The van der Waals surface area contributed by atoms with Crippen LogP contribution in [0.5, 0.6) is 0 Å². The van der Waals surface area contributed by atoms with Gasteiger partial charge in [0.05, 0.1) is 5.69 Å². The molecule has 0 bridgehead atoms. The lowest BCUT2D eigenvalue weighted by Gasteiger charge is -2.36. The standard InChI is InChI=1S/C15H13FN2O/c1-15(10-6-3-2-4-7-10)14(19)17-13-11(16)8-5-9-12(13)18-15/h2-9,18H,1H3,(H,17,19). The maximum absolute atomic E-state index is 13.6. The van der Waals surface area contributed by atoms with E-state index in [9.17, 15) is 9.18 Å². The lowest BCUT2D eigenvalue weighted by Crippen LogP contribution is -2.47. The number of para-hydroxylation sites is 1. The second kappa shape index (κ2) is 4.09. The van der Waals surface area contributed by atoms with Gasteiger partial charge in [0.25, 0.3) is 5.91 Å². The van der Waals surface area contributed by atoms with Gasteiger partial charge in [0.1, 0.15) is 17.0 Å². The Morgan fingerprint density at radius 1 is 1.05 bits per heavy atom. The van der Waals surface area contributed by atoms with Crippen molar-refractivity contribution in [3.05, 3.63) is 59.9 Å². The maximum Gasteiger partial charge on any atom is 0.254 e. The zero-order valence-electron chi connectivity index (χ0n) is 10.4. The number of anilines is 2. The molecule has 1 heterocycles. The Hall–Kier alpha value is -2.36. The Kier molecular flexibility index (Phi) is 2.52. The van der Waals surface area contributed by atoms with Crippen LogP contribution in [0.2, 0.25) is 0 Å². The SMILES string of the molecule is CC1(c2ccccc2)Nc2cccc(F)c2NC1=O. The number of benzene rings is 2. The molecule has 1 aliphatic rings. The minimum atomic E-state index is -0.901. The van der Waals surface area contributed by atoms with Crippen LogP contribution in [-0.2, 0) is 10.3 Å². The van der Waals surface area contributed by atoms with E-state index in [0.717, 1.165) is 5.56 Å². The monoisotopic (exact) mass is 256 g/mol. The van der Waals surface area contributed by atoms with E-state index in [1.54, 1.807) is 19.1 Å². The summed E-state index contributed by atoms with van der Waals surface area (Å²) in [5.74, 6) is -0.704. The summed E-state index contributed by atoms with van der Waals surface area (Å²) >= 11 is 0. The Bertz CT molecular complexity index is 642. The predicted molar refractivity (Wildman–Crippen MR) is 72.4 cm³/mol. The van der Waals surface area contributed by atoms with Crippen LogP contribution in [0.1, 0.15) is 12.5 Å². The summed E-state index contributed by atoms with van der Waals surface area (Å²) in [6.07, 6.45) is 0. The van der Waals surface area contributed by atoms with Gasteiger partial charge in [-0.05, 0) is 24.6 Å². The molecule has 19 heavy (non-hydrogen) atoms. The fourth-order valence-electron chi connectivity index (χ4n) is 2.29. The van der Waals surface area contributed by atoms with Gasteiger partial charge < -0.3 is 10.6 Å². The first kappa shape index (κ1) is 11.7. The molecule has 0 radical (unpaired) electrons. The summed E-state index contributed by atoms with van der Waals surface area (Å²) in [6.45, 7) is 1.78. The average Bonchev–Trinajstić information content (AvgIpc) is 2.42. The minimum Gasteiger partial charge on any atom is -0.366 e. The molecule has 0 aromatic heterocycles. The van der Waals surface area contributed by atoms with Crippen LogP contribution in [-0.4, -0.2) is 5.91 Å². The summed E-state index contributed by atoms with van der Waals surface area (Å²) in [4.78, 5) is 12.3. The highest BCUT2D eigenvalue weighted by Crippen LogP contribution is 2.37. The van der Waals surface area contributed by atoms with Crippen LogP contribution in [0, 0.1) is 5.82 Å². The highest BCUT2D eigenvalue weighted by Gasteiger charge is 2.39. The summed E-state index contributed by atoms with van der Waals surface area (Å²) < 4.78 is 13.6. The van der Waals surface area contributed by atoms with Crippen molar-refractivity contribution in [3.63, 3.8) is 0 Å². The van der Waals surface area contributed by atoms with Gasteiger partial charge in [0, 0.05) is 0 Å². The van der Waals surface area contributed by atoms with E-state index >= 15 is 0 Å². The third-order valence-corrected chi connectivity index (χ3v) is 3.44. The number of rotatable bonds is 1. The fourth-order valence-corrected chi connectivity index (χ4v) is 2.29. The van der Waals surface area contributed by atoms with Gasteiger partial charge in [0.15, 0.2) is 0 Å². The van der Waals surface area contributed by atoms with Crippen LogP contribution < -0.4 is 10.6 Å². The van der Waals surface area contributed by atoms with Gasteiger partial charge in [-0.25, -0.2) is 4.39 Å². The maximum atomic E-state index is 13.6. The van der Waals surface area contributed by atoms with Crippen LogP contribution in [0.3, 0.4) is 0 Å². The lowest BCUT2D eigenvalue weighted by molar-refractivity contribution is -0.120. The molecule has 0 fully saturated rings. The second-order valence-electron chi connectivity index (χ2n) is 4.73. The van der Waals surface area contributed by atoms with Crippen LogP contribution in [0.25, 0.3) is 0 Å². The Morgan fingerprint density at radius 3 is 2.53 bits per heavy atom. The highest BCUT2D eigenvalue weighted by molar-refractivity contribution is 6.06. The molecule has 4 heteroatoms. The molecule has 0 spiro atoms. The summed E-state index contributed by atoms with van der Waals surface area (Å²) in [5.41, 5.74) is 0.733. The van der Waals surface area contributed by atoms with E-state index in [0.29, 0.717) is 5.69 Å². The van der Waals surface area contributed by atoms with Gasteiger partial charge in [-0.15, -0.1) is 0 Å². The quantitative estimate of drug-likeness (QED) is 0.823. The number of hydrogen-bond donors (Lipinski definition) is 2. The number of carbonyl (C=O) groups excluding carboxylic acids is 1. The zero-order chi connectivity index (χ0) is 13.5. The third kappa shape index (κ3) is 1.76. The summed E-state index contributed by atoms with van der Waals surface area (Å²) in [5, 5.41) is 5.77. The summed E-state index contributed by atoms with van der Waals surface area (Å²) in [7, 11) is 0. The Balaban J connectivity index is 2.09. The largest absolute Gasteiger partial charge is 0.366 e. The fraction of sp³-hybridized carbons (Fsp3) is 0.133. The van der Waals surface area contributed by atoms with E-state index in [4.69, 9.17) is 0 Å². The van der Waals surface area contributed by atoms with Crippen molar-refractivity contribution in [2.75, 3.05) is 10.6 Å². The van der Waals surface area contributed by atoms with Crippen molar-refractivity contribution in [3.8, 4) is 0 Å². The van der Waals surface area contributed by atoms with Gasteiger partial charge >= 0.3 is 0 Å². The smallest absolute Gasteiger partial charge is 0.254 e. The average molecular weight is 256 g/mol. The van der Waals surface area contributed by atoms with Gasteiger partial charge in [-0.3, -0.25) is 4.79 Å². The van der Waals surface area contributed by atoms with Crippen molar-refractivity contribution in [1.82, 2.24) is 0 Å².